The summed E-state index contributed by atoms with van der Waals surface area (Å²) < 4.78 is 12.9. The summed E-state index contributed by atoms with van der Waals surface area (Å²) in [4.78, 5) is 0. The van der Waals surface area contributed by atoms with Gasteiger partial charge < -0.3 is 15.2 Å². The molecule has 0 aromatic heterocycles. The Kier molecular flexibility index (Phi) is 3.05. The van der Waals surface area contributed by atoms with E-state index in [9.17, 15) is 0 Å². The van der Waals surface area contributed by atoms with Gasteiger partial charge in [-0.2, -0.15) is 0 Å². The van der Waals surface area contributed by atoms with Crippen LogP contribution in [0.4, 0.5) is 5.69 Å². The molecule has 1 fully saturated rings. The van der Waals surface area contributed by atoms with E-state index >= 15 is 0 Å². The molecule has 0 unspecified atom stereocenters. The Labute approximate surface area is 153 Å². The lowest BCUT2D eigenvalue weighted by molar-refractivity contribution is -0.343. The zero-order valence-corrected chi connectivity index (χ0v) is 14.9. The van der Waals surface area contributed by atoms with Gasteiger partial charge in [-0.25, -0.2) is 0 Å². The second-order valence-electron chi connectivity index (χ2n) is 7.34. The van der Waals surface area contributed by atoms with Crippen molar-refractivity contribution >= 4 is 5.69 Å². The van der Waals surface area contributed by atoms with Crippen LogP contribution in [0.2, 0.25) is 0 Å². The van der Waals surface area contributed by atoms with Gasteiger partial charge in [0.05, 0.1) is 5.92 Å². The topological polar surface area (TPSA) is 44.5 Å². The Morgan fingerprint density at radius 3 is 2.00 bits per heavy atom. The fourth-order valence-electron chi connectivity index (χ4n) is 4.64. The summed E-state index contributed by atoms with van der Waals surface area (Å²) >= 11 is 0. The van der Waals surface area contributed by atoms with E-state index in [0.717, 1.165) is 33.7 Å². The van der Waals surface area contributed by atoms with Crippen molar-refractivity contribution in [1.29, 1.82) is 0 Å². The van der Waals surface area contributed by atoms with Crippen molar-refractivity contribution in [3.8, 4) is 5.75 Å². The average molecular weight is 343 g/mol. The highest BCUT2D eigenvalue weighted by Gasteiger charge is 2.71. The van der Waals surface area contributed by atoms with Crippen molar-refractivity contribution in [2.45, 2.75) is 31.2 Å². The van der Waals surface area contributed by atoms with Crippen LogP contribution in [0, 0.1) is 6.92 Å². The zero-order chi connectivity index (χ0) is 17.9. The zero-order valence-electron chi connectivity index (χ0n) is 14.9. The van der Waals surface area contributed by atoms with Crippen LogP contribution in [-0.2, 0) is 10.3 Å². The van der Waals surface area contributed by atoms with Gasteiger partial charge in [0.25, 0.3) is 0 Å². The smallest absolute Gasteiger partial charge is 0.219 e. The molecule has 3 aromatic carbocycles. The van der Waals surface area contributed by atoms with Gasteiger partial charge in [0.1, 0.15) is 11.4 Å². The van der Waals surface area contributed by atoms with Crippen LogP contribution >= 0.6 is 0 Å². The highest BCUT2D eigenvalue weighted by atomic mass is 16.7. The molecule has 3 nitrogen and oxygen atoms in total. The fraction of sp³-hybridized carbons (Fsp3) is 0.217. The molecule has 0 aliphatic carbocycles. The second-order valence-corrected chi connectivity index (χ2v) is 7.34. The SMILES string of the molecule is Cc1ccc(N)c2c1O[C@]1(C)OC(c3ccccc3)(c3ccccc3)[C@H]21. The number of rotatable bonds is 2. The van der Waals surface area contributed by atoms with Crippen LogP contribution in [0.15, 0.2) is 72.8 Å². The van der Waals surface area contributed by atoms with Crippen molar-refractivity contribution in [3.63, 3.8) is 0 Å². The first-order valence-electron chi connectivity index (χ1n) is 8.95. The summed E-state index contributed by atoms with van der Waals surface area (Å²) in [6.45, 7) is 4.07. The molecule has 2 aliphatic rings. The van der Waals surface area contributed by atoms with E-state index in [1.807, 2.05) is 31.2 Å². The number of anilines is 1. The fourth-order valence-corrected chi connectivity index (χ4v) is 4.64. The molecule has 5 rings (SSSR count). The predicted octanol–water partition coefficient (Wildman–Crippen LogP) is 4.74. The van der Waals surface area contributed by atoms with Crippen LogP contribution in [0.1, 0.15) is 35.1 Å². The minimum Gasteiger partial charge on any atom is -0.461 e. The summed E-state index contributed by atoms with van der Waals surface area (Å²) in [5.74, 6) is 0.148. The van der Waals surface area contributed by atoms with Gasteiger partial charge in [0, 0.05) is 18.2 Å². The van der Waals surface area contributed by atoms with Crippen molar-refractivity contribution in [1.82, 2.24) is 0 Å². The lowest BCUT2D eigenvalue weighted by Gasteiger charge is -2.57. The normalized spacial score (nSPS) is 24.9. The number of fused-ring (bicyclic) bond motifs is 3. The van der Waals surface area contributed by atoms with Gasteiger partial charge in [-0.3, -0.25) is 0 Å². The Balaban J connectivity index is 1.80. The van der Waals surface area contributed by atoms with E-state index in [4.69, 9.17) is 15.2 Å². The van der Waals surface area contributed by atoms with E-state index in [1.54, 1.807) is 0 Å². The molecular formula is C23H21NO2. The molecule has 3 aromatic rings. The quantitative estimate of drug-likeness (QED) is 0.683. The van der Waals surface area contributed by atoms with Crippen molar-refractivity contribution in [3.05, 3.63) is 95.1 Å². The molecule has 1 saturated heterocycles. The predicted molar refractivity (Wildman–Crippen MR) is 102 cm³/mol. The Morgan fingerprint density at radius 2 is 1.42 bits per heavy atom. The van der Waals surface area contributed by atoms with Crippen LogP contribution in [0.25, 0.3) is 0 Å². The molecule has 2 N–H and O–H groups in total. The molecule has 0 saturated carbocycles. The highest BCUT2D eigenvalue weighted by Crippen LogP contribution is 2.68. The third-order valence-corrected chi connectivity index (χ3v) is 5.72. The van der Waals surface area contributed by atoms with E-state index < -0.39 is 11.4 Å². The number of hydrogen-bond donors (Lipinski definition) is 1. The molecule has 0 amide bonds. The molecule has 2 heterocycles. The number of aryl methyl sites for hydroxylation is 1. The molecule has 2 aliphatic heterocycles. The maximum absolute atomic E-state index is 6.63. The molecular weight excluding hydrogens is 322 g/mol. The minimum absolute atomic E-state index is 0.00491. The van der Waals surface area contributed by atoms with Crippen LogP contribution < -0.4 is 10.5 Å². The largest absolute Gasteiger partial charge is 0.461 e. The molecule has 2 atom stereocenters. The number of ether oxygens (including phenoxy) is 2. The summed E-state index contributed by atoms with van der Waals surface area (Å²) in [5.41, 5.74) is 11.0. The molecule has 26 heavy (non-hydrogen) atoms. The molecule has 130 valence electrons. The van der Waals surface area contributed by atoms with E-state index in [2.05, 4.69) is 55.5 Å². The van der Waals surface area contributed by atoms with E-state index in [1.165, 1.54) is 0 Å². The first kappa shape index (κ1) is 15.5. The maximum Gasteiger partial charge on any atom is 0.219 e. The Bertz CT molecular complexity index is 944. The third-order valence-electron chi connectivity index (χ3n) is 5.72. The lowest BCUT2D eigenvalue weighted by atomic mass is 9.65. The van der Waals surface area contributed by atoms with Crippen molar-refractivity contribution in [2.75, 3.05) is 5.73 Å². The van der Waals surface area contributed by atoms with Gasteiger partial charge in [0.2, 0.25) is 5.79 Å². The van der Waals surface area contributed by atoms with Gasteiger partial charge in [-0.1, -0.05) is 66.7 Å². The van der Waals surface area contributed by atoms with Crippen molar-refractivity contribution in [2.24, 2.45) is 0 Å². The molecule has 0 bridgehead atoms. The van der Waals surface area contributed by atoms with Crippen molar-refractivity contribution < 1.29 is 9.47 Å². The number of nitrogens with two attached hydrogens (primary N) is 1. The summed E-state index contributed by atoms with van der Waals surface area (Å²) in [6.07, 6.45) is 0. The van der Waals surface area contributed by atoms with E-state index in [0.29, 0.717) is 0 Å². The van der Waals surface area contributed by atoms with Gasteiger partial charge in [-0.15, -0.1) is 0 Å². The van der Waals surface area contributed by atoms with Crippen LogP contribution in [-0.4, -0.2) is 5.79 Å². The average Bonchev–Trinajstić information content (AvgIpc) is 2.91. The first-order chi connectivity index (χ1) is 12.6. The highest BCUT2D eigenvalue weighted by molar-refractivity contribution is 5.66. The maximum atomic E-state index is 6.63. The summed E-state index contributed by atoms with van der Waals surface area (Å²) in [6, 6.07) is 24.7. The first-order valence-corrected chi connectivity index (χ1v) is 8.95. The van der Waals surface area contributed by atoms with Gasteiger partial charge in [0.15, 0.2) is 0 Å². The second kappa shape index (κ2) is 5.12. The number of hydrogen-bond acceptors (Lipinski definition) is 3. The molecule has 0 radical (unpaired) electrons. The number of nitrogen functional groups attached to an aromatic ring is 1. The summed E-state index contributed by atoms with van der Waals surface area (Å²) in [7, 11) is 0. The third kappa shape index (κ3) is 1.81. The van der Waals surface area contributed by atoms with Gasteiger partial charge in [-0.05, 0) is 29.7 Å². The van der Waals surface area contributed by atoms with Crippen LogP contribution in [0.3, 0.4) is 0 Å². The van der Waals surface area contributed by atoms with E-state index in [-0.39, 0.29) is 5.92 Å². The Hall–Kier alpha value is -2.78. The van der Waals surface area contributed by atoms with Crippen LogP contribution in [0.5, 0.6) is 5.75 Å². The summed E-state index contributed by atoms with van der Waals surface area (Å²) in [5, 5.41) is 0. The molecule has 3 heteroatoms. The Morgan fingerprint density at radius 1 is 0.846 bits per heavy atom. The van der Waals surface area contributed by atoms with Gasteiger partial charge >= 0.3 is 0 Å². The molecule has 0 spiro atoms. The monoisotopic (exact) mass is 343 g/mol. The lowest BCUT2D eigenvalue weighted by Crippen LogP contribution is -2.64. The minimum atomic E-state index is -0.714. The number of benzene rings is 3. The standard InChI is InChI=1S/C23H21NO2/c1-15-13-14-18(24)19-20(15)25-22(2)21(19)23(26-22,16-9-5-3-6-10-16)17-11-7-4-8-12-17/h3-14,21H,24H2,1-2H3/t21-,22-/m1/s1.